The number of fused-ring (bicyclic) bond motifs is 5. The van der Waals surface area contributed by atoms with Crippen molar-refractivity contribution >= 4 is 11.8 Å². The fourth-order valence-electron chi connectivity index (χ4n) is 8.41. The molecule has 0 heterocycles. The van der Waals surface area contributed by atoms with Crippen molar-refractivity contribution in [2.24, 2.45) is 46.3 Å². The molecular weight excluding hydrogens is 368 g/mol. The second-order valence-electron chi connectivity index (χ2n) is 11.2. The molecule has 0 saturated heterocycles. The van der Waals surface area contributed by atoms with Gasteiger partial charge in [0.15, 0.2) is 0 Å². The summed E-state index contributed by atoms with van der Waals surface area (Å²) in [5, 5.41) is 30.5. The van der Waals surface area contributed by atoms with Crippen LogP contribution in [0, 0.1) is 46.3 Å². The first kappa shape index (κ1) is 21.3. The van der Waals surface area contributed by atoms with Crippen molar-refractivity contribution in [3.63, 3.8) is 0 Å². The van der Waals surface area contributed by atoms with Gasteiger partial charge in [0, 0.05) is 18.3 Å². The van der Waals surface area contributed by atoms with Gasteiger partial charge >= 0.3 is 5.97 Å². The summed E-state index contributed by atoms with van der Waals surface area (Å²) in [5.74, 6) is 0.855. The predicted octanol–water partition coefficient (Wildman–Crippen LogP) is 3.66. The first-order valence-corrected chi connectivity index (χ1v) is 11.7. The molecule has 0 radical (unpaired) electrons. The van der Waals surface area contributed by atoms with Crippen molar-refractivity contribution in [2.45, 2.75) is 90.8 Å². The number of hydrogen-bond acceptors (Lipinski definition) is 4. The Morgan fingerprint density at radius 2 is 1.86 bits per heavy atom. The van der Waals surface area contributed by atoms with Gasteiger partial charge in [-0.05, 0) is 85.9 Å². The monoisotopic (exact) mass is 406 g/mol. The second kappa shape index (κ2) is 7.33. The van der Waals surface area contributed by atoms with Gasteiger partial charge in [-0.3, -0.25) is 9.59 Å². The quantitative estimate of drug-likeness (QED) is 0.662. The van der Waals surface area contributed by atoms with E-state index in [1.165, 1.54) is 0 Å². The van der Waals surface area contributed by atoms with E-state index in [4.69, 9.17) is 5.11 Å². The zero-order valence-electron chi connectivity index (χ0n) is 18.1. The van der Waals surface area contributed by atoms with Gasteiger partial charge in [0.1, 0.15) is 5.78 Å². The van der Waals surface area contributed by atoms with Crippen LogP contribution in [0.1, 0.15) is 78.6 Å². The number of carboxylic acids is 1. The minimum Gasteiger partial charge on any atom is -0.481 e. The van der Waals surface area contributed by atoms with Crippen LogP contribution in [0.4, 0.5) is 0 Å². The van der Waals surface area contributed by atoms with Crippen molar-refractivity contribution < 1.29 is 24.9 Å². The number of aliphatic carboxylic acids is 1. The van der Waals surface area contributed by atoms with E-state index in [0.717, 1.165) is 38.5 Å². The number of aliphatic hydroxyl groups excluding tert-OH is 2. The predicted molar refractivity (Wildman–Crippen MR) is 109 cm³/mol. The molecular formula is C24H38O5. The number of aliphatic hydroxyl groups is 2. The third kappa shape index (κ3) is 3.18. The molecule has 4 aliphatic carbocycles. The van der Waals surface area contributed by atoms with Crippen molar-refractivity contribution in [3.8, 4) is 0 Å². The molecule has 0 aromatic heterocycles. The van der Waals surface area contributed by atoms with Crippen molar-refractivity contribution in [3.05, 3.63) is 0 Å². The molecule has 10 atom stereocenters. The Morgan fingerprint density at radius 1 is 1.14 bits per heavy atom. The highest BCUT2D eigenvalue weighted by atomic mass is 16.4. The van der Waals surface area contributed by atoms with Crippen LogP contribution in [-0.4, -0.2) is 39.3 Å². The maximum absolute atomic E-state index is 13.6. The molecule has 3 N–H and O–H groups in total. The first-order valence-electron chi connectivity index (χ1n) is 11.7. The lowest BCUT2D eigenvalue weighted by Gasteiger charge is -2.61. The third-order valence-corrected chi connectivity index (χ3v) is 10.1. The van der Waals surface area contributed by atoms with E-state index in [1.54, 1.807) is 0 Å². The summed E-state index contributed by atoms with van der Waals surface area (Å²) in [6.45, 7) is 6.54. The molecule has 0 unspecified atom stereocenters. The smallest absolute Gasteiger partial charge is 0.303 e. The largest absolute Gasteiger partial charge is 0.481 e. The van der Waals surface area contributed by atoms with Crippen LogP contribution in [0.5, 0.6) is 0 Å². The first-order chi connectivity index (χ1) is 13.6. The van der Waals surface area contributed by atoms with E-state index in [9.17, 15) is 19.8 Å². The minimum absolute atomic E-state index is 0.0348. The van der Waals surface area contributed by atoms with Gasteiger partial charge in [0.05, 0.1) is 12.2 Å². The summed E-state index contributed by atoms with van der Waals surface area (Å²) < 4.78 is 0. The molecule has 0 aromatic carbocycles. The molecule has 0 spiro atoms. The highest BCUT2D eigenvalue weighted by Gasteiger charge is 2.65. The highest BCUT2D eigenvalue weighted by molar-refractivity contribution is 5.87. The number of ketones is 1. The molecule has 29 heavy (non-hydrogen) atoms. The molecule has 0 amide bonds. The van der Waals surface area contributed by atoms with Gasteiger partial charge in [0.2, 0.25) is 0 Å². The van der Waals surface area contributed by atoms with Crippen LogP contribution in [0.25, 0.3) is 0 Å². The van der Waals surface area contributed by atoms with E-state index in [0.29, 0.717) is 24.5 Å². The molecule has 4 aliphatic rings. The number of hydrogen-bond donors (Lipinski definition) is 3. The number of rotatable bonds is 4. The Hall–Kier alpha value is -0.940. The maximum atomic E-state index is 13.6. The Balaban J connectivity index is 1.62. The average Bonchev–Trinajstić information content (AvgIpc) is 3.01. The molecule has 4 rings (SSSR count). The van der Waals surface area contributed by atoms with Crippen molar-refractivity contribution in [1.82, 2.24) is 0 Å². The normalized spacial score (nSPS) is 50.4. The summed E-state index contributed by atoms with van der Waals surface area (Å²) >= 11 is 0. The van der Waals surface area contributed by atoms with E-state index in [1.807, 2.05) is 0 Å². The van der Waals surface area contributed by atoms with Crippen LogP contribution >= 0.6 is 0 Å². The van der Waals surface area contributed by atoms with Gasteiger partial charge < -0.3 is 15.3 Å². The lowest BCUT2D eigenvalue weighted by atomic mass is 9.43. The summed E-state index contributed by atoms with van der Waals surface area (Å²) in [5.41, 5.74) is -0.398. The number of carbonyl (C=O) groups is 2. The number of carboxylic acid groups (broad SMARTS) is 1. The molecule has 4 saturated carbocycles. The summed E-state index contributed by atoms with van der Waals surface area (Å²) in [6.07, 6.45) is 5.82. The van der Waals surface area contributed by atoms with E-state index < -0.39 is 17.5 Å². The summed E-state index contributed by atoms with van der Waals surface area (Å²) in [6, 6.07) is 0. The Morgan fingerprint density at radius 3 is 2.55 bits per heavy atom. The fraction of sp³-hybridized carbons (Fsp3) is 0.917. The van der Waals surface area contributed by atoms with E-state index >= 15 is 0 Å². The van der Waals surface area contributed by atoms with Crippen LogP contribution in [0.2, 0.25) is 0 Å². The lowest BCUT2D eigenvalue weighted by molar-refractivity contribution is -0.181. The van der Waals surface area contributed by atoms with E-state index in [2.05, 4.69) is 20.8 Å². The van der Waals surface area contributed by atoms with Gasteiger partial charge in [-0.15, -0.1) is 0 Å². The third-order valence-electron chi connectivity index (χ3n) is 10.1. The number of Topliss-reactive ketones (excluding diaryl/α,β-unsaturated/α-hetero) is 1. The molecule has 0 aliphatic heterocycles. The number of carbonyl (C=O) groups excluding carboxylic acids is 1. The molecule has 164 valence electrons. The Kier molecular flexibility index (Phi) is 5.39. The summed E-state index contributed by atoms with van der Waals surface area (Å²) in [7, 11) is 0. The highest BCUT2D eigenvalue weighted by Crippen LogP contribution is 2.67. The van der Waals surface area contributed by atoms with Crippen LogP contribution in [-0.2, 0) is 9.59 Å². The van der Waals surface area contributed by atoms with Crippen LogP contribution < -0.4 is 0 Å². The van der Waals surface area contributed by atoms with Gasteiger partial charge in [-0.25, -0.2) is 0 Å². The molecule has 5 nitrogen and oxygen atoms in total. The molecule has 4 fully saturated rings. The van der Waals surface area contributed by atoms with Crippen molar-refractivity contribution in [2.75, 3.05) is 0 Å². The van der Waals surface area contributed by atoms with Gasteiger partial charge in [-0.2, -0.15) is 0 Å². The second-order valence-corrected chi connectivity index (χ2v) is 11.2. The minimum atomic E-state index is -0.771. The SMILES string of the molecule is C[C@@H](CCC(=O)O)[C@@H]1CC[C@H]2[C@H]3[C@H](O)C[C@H]4C[C@@H](O)CC[C@]4(C)[C@@H]3CC(=O)[C@@]21C. The van der Waals surface area contributed by atoms with Gasteiger partial charge in [0.25, 0.3) is 0 Å². The van der Waals surface area contributed by atoms with Crippen LogP contribution in [0.15, 0.2) is 0 Å². The fourth-order valence-corrected chi connectivity index (χ4v) is 8.41. The zero-order valence-corrected chi connectivity index (χ0v) is 18.1. The standard InChI is InChI=1S/C24H38O5/c1-13(4-7-21(28)29)16-5-6-17-22-18(12-20(27)24(16,17)3)23(2)9-8-15(25)10-14(23)11-19(22)26/h13-19,22,25-26H,4-12H2,1-3H3,(H,28,29)/t13-,14+,15-,16-,17-,18+,19+,22+,23-,24+/m0/s1. The average molecular weight is 407 g/mol. The Bertz CT molecular complexity index is 676. The lowest BCUT2D eigenvalue weighted by Crippen LogP contribution is -2.61. The maximum Gasteiger partial charge on any atom is 0.303 e. The van der Waals surface area contributed by atoms with Crippen LogP contribution in [0.3, 0.4) is 0 Å². The topological polar surface area (TPSA) is 94.8 Å². The zero-order chi connectivity index (χ0) is 21.1. The summed E-state index contributed by atoms with van der Waals surface area (Å²) in [4.78, 5) is 24.7. The van der Waals surface area contributed by atoms with Gasteiger partial charge in [-0.1, -0.05) is 20.8 Å². The van der Waals surface area contributed by atoms with E-state index in [-0.39, 0.29) is 47.5 Å². The van der Waals surface area contributed by atoms with Crippen molar-refractivity contribution in [1.29, 1.82) is 0 Å². The molecule has 0 bridgehead atoms. The Labute approximate surface area is 174 Å². The molecule has 5 heteroatoms. The molecule has 0 aromatic rings.